The summed E-state index contributed by atoms with van der Waals surface area (Å²) in [4.78, 5) is 18.7. The molecule has 0 saturated carbocycles. The minimum Gasteiger partial charge on any atom is -0.492 e. The van der Waals surface area contributed by atoms with E-state index >= 15 is 0 Å². The lowest BCUT2D eigenvalue weighted by Gasteiger charge is -2.07. The van der Waals surface area contributed by atoms with Crippen molar-refractivity contribution in [3.05, 3.63) is 40.2 Å². The van der Waals surface area contributed by atoms with Crippen molar-refractivity contribution in [2.75, 3.05) is 18.7 Å². The van der Waals surface area contributed by atoms with E-state index in [1.807, 2.05) is 6.07 Å². The van der Waals surface area contributed by atoms with Crippen molar-refractivity contribution in [3.8, 4) is 23.1 Å². The highest BCUT2D eigenvalue weighted by molar-refractivity contribution is 7.98. The van der Waals surface area contributed by atoms with Crippen molar-refractivity contribution < 1.29 is 4.74 Å². The maximum absolute atomic E-state index is 11.9. The Hall–Kier alpha value is -1.97. The number of thioether (sulfide) groups is 1. The first-order valence-electron chi connectivity index (χ1n) is 6.07. The first-order chi connectivity index (χ1) is 10.2. The number of alkyl halides is 1. The van der Waals surface area contributed by atoms with E-state index in [0.717, 1.165) is 0 Å². The Morgan fingerprint density at radius 3 is 2.71 bits per heavy atom. The van der Waals surface area contributed by atoms with Crippen LogP contribution in [-0.4, -0.2) is 28.7 Å². The third kappa shape index (κ3) is 3.57. The van der Waals surface area contributed by atoms with Crippen molar-refractivity contribution >= 4 is 23.4 Å². The number of H-pyrrole nitrogens is 1. The Labute approximate surface area is 130 Å². The lowest BCUT2D eigenvalue weighted by Crippen LogP contribution is -2.14. The molecule has 0 spiro atoms. The van der Waals surface area contributed by atoms with E-state index in [-0.39, 0.29) is 5.56 Å². The van der Waals surface area contributed by atoms with E-state index in [9.17, 15) is 4.79 Å². The summed E-state index contributed by atoms with van der Waals surface area (Å²) in [6.45, 7) is 0.421. The Morgan fingerprint density at radius 2 is 2.14 bits per heavy atom. The van der Waals surface area contributed by atoms with Crippen molar-refractivity contribution in [3.63, 3.8) is 0 Å². The van der Waals surface area contributed by atoms with E-state index in [2.05, 4.69) is 9.97 Å². The molecule has 0 radical (unpaired) electrons. The number of nitrogens with one attached hydrogen (secondary N) is 1. The van der Waals surface area contributed by atoms with Gasteiger partial charge in [-0.3, -0.25) is 4.79 Å². The molecule has 0 aliphatic carbocycles. The van der Waals surface area contributed by atoms with E-state index in [4.69, 9.17) is 21.6 Å². The van der Waals surface area contributed by atoms with E-state index < -0.39 is 5.56 Å². The maximum atomic E-state index is 11.9. The second kappa shape index (κ2) is 7.16. The first-order valence-corrected chi connectivity index (χ1v) is 7.83. The number of hydrogen-bond donors (Lipinski definition) is 1. The summed E-state index contributed by atoms with van der Waals surface area (Å²) in [5.41, 5.74) is 0.622. The van der Waals surface area contributed by atoms with E-state index in [0.29, 0.717) is 34.7 Å². The van der Waals surface area contributed by atoms with E-state index in [1.165, 1.54) is 11.8 Å². The average molecular weight is 322 g/mol. The van der Waals surface area contributed by atoms with Gasteiger partial charge in [0, 0.05) is 5.56 Å². The lowest BCUT2D eigenvalue weighted by molar-refractivity contribution is 0.343. The van der Waals surface area contributed by atoms with Crippen molar-refractivity contribution in [1.82, 2.24) is 9.97 Å². The monoisotopic (exact) mass is 321 g/mol. The summed E-state index contributed by atoms with van der Waals surface area (Å²) in [6.07, 6.45) is 1.80. The van der Waals surface area contributed by atoms with Crippen LogP contribution in [0.1, 0.15) is 5.56 Å². The van der Waals surface area contributed by atoms with Gasteiger partial charge in [0.25, 0.3) is 5.56 Å². The minimum absolute atomic E-state index is 0.00206. The number of nitrogens with zero attached hydrogens (tertiary/aromatic N) is 2. The standard InChI is InChI=1S/C14H12ClN3O2S/c1-21-14-17-12(11(8-16)13(19)18-14)9-2-4-10(5-3-9)20-7-6-15/h2-5H,6-7H2,1H3,(H,17,18,19). The number of hydrogen-bond acceptors (Lipinski definition) is 5. The van der Waals surface area contributed by atoms with Crippen LogP contribution in [0.2, 0.25) is 0 Å². The molecular formula is C14H12ClN3O2S. The third-order valence-corrected chi connectivity index (χ3v) is 3.41. The highest BCUT2D eigenvalue weighted by Gasteiger charge is 2.13. The molecule has 0 atom stereocenters. The van der Waals surface area contributed by atoms with Crippen LogP contribution >= 0.6 is 23.4 Å². The second-order valence-electron chi connectivity index (χ2n) is 3.97. The molecule has 21 heavy (non-hydrogen) atoms. The average Bonchev–Trinajstić information content (AvgIpc) is 2.52. The number of nitriles is 1. The van der Waals surface area contributed by atoms with Crippen molar-refractivity contribution in [1.29, 1.82) is 5.26 Å². The van der Waals surface area contributed by atoms with Crippen LogP contribution in [0.25, 0.3) is 11.3 Å². The SMILES string of the molecule is CSc1nc(-c2ccc(OCCCl)cc2)c(C#N)c(=O)[nH]1. The van der Waals surface area contributed by atoms with Crippen LogP contribution in [0.3, 0.4) is 0 Å². The lowest BCUT2D eigenvalue weighted by atomic mass is 10.1. The first kappa shape index (κ1) is 15.4. The molecule has 1 aromatic heterocycles. The molecule has 0 unspecified atom stereocenters. The summed E-state index contributed by atoms with van der Waals surface area (Å²) in [5, 5.41) is 9.61. The Kier molecular flexibility index (Phi) is 5.26. The molecule has 2 aromatic rings. The molecule has 1 heterocycles. The van der Waals surface area contributed by atoms with Crippen molar-refractivity contribution in [2.24, 2.45) is 0 Å². The van der Waals surface area contributed by atoms with Gasteiger partial charge >= 0.3 is 0 Å². The molecule has 0 amide bonds. The molecule has 1 aromatic carbocycles. The molecule has 0 fully saturated rings. The number of aromatic amines is 1. The molecule has 0 aliphatic heterocycles. The van der Waals surface area contributed by atoms with Crippen LogP contribution < -0.4 is 10.3 Å². The normalized spacial score (nSPS) is 10.1. The molecule has 0 aliphatic rings. The fraction of sp³-hybridized carbons (Fsp3) is 0.214. The van der Waals surface area contributed by atoms with Crippen LogP contribution in [0.4, 0.5) is 0 Å². The molecule has 0 saturated heterocycles. The molecular weight excluding hydrogens is 310 g/mol. The highest BCUT2D eigenvalue weighted by Crippen LogP contribution is 2.23. The number of benzene rings is 1. The molecule has 5 nitrogen and oxygen atoms in total. The number of ether oxygens (including phenoxy) is 1. The quantitative estimate of drug-likeness (QED) is 0.520. The zero-order valence-electron chi connectivity index (χ0n) is 11.2. The van der Waals surface area contributed by atoms with Gasteiger partial charge in [-0.05, 0) is 30.5 Å². The summed E-state index contributed by atoms with van der Waals surface area (Å²) in [5.74, 6) is 1.08. The van der Waals surface area contributed by atoms with Gasteiger partial charge in [-0.25, -0.2) is 4.98 Å². The topological polar surface area (TPSA) is 78.8 Å². The second-order valence-corrected chi connectivity index (χ2v) is 5.15. The summed E-state index contributed by atoms with van der Waals surface area (Å²) < 4.78 is 5.38. The van der Waals surface area contributed by atoms with Gasteiger partial charge in [0.2, 0.25) is 0 Å². The predicted molar refractivity (Wildman–Crippen MR) is 83.0 cm³/mol. The van der Waals surface area contributed by atoms with Crippen LogP contribution in [0.5, 0.6) is 5.75 Å². The van der Waals surface area contributed by atoms with Gasteiger partial charge in [0.1, 0.15) is 24.0 Å². The fourth-order valence-electron chi connectivity index (χ4n) is 1.73. The Bertz CT molecular complexity index is 722. The highest BCUT2D eigenvalue weighted by atomic mass is 35.5. The summed E-state index contributed by atoms with van der Waals surface area (Å²) in [6, 6.07) is 8.93. The number of halogens is 1. The molecule has 108 valence electrons. The smallest absolute Gasteiger partial charge is 0.270 e. The predicted octanol–water partition coefficient (Wildman–Crippen LogP) is 2.65. The van der Waals surface area contributed by atoms with Gasteiger partial charge in [0.15, 0.2) is 5.16 Å². The molecule has 2 rings (SSSR count). The summed E-state index contributed by atoms with van der Waals surface area (Å²) in [7, 11) is 0. The van der Waals surface area contributed by atoms with Gasteiger partial charge in [-0.1, -0.05) is 11.8 Å². The van der Waals surface area contributed by atoms with Gasteiger partial charge in [0.05, 0.1) is 11.6 Å². The Balaban J connectivity index is 2.44. The van der Waals surface area contributed by atoms with Crippen LogP contribution in [-0.2, 0) is 0 Å². The Morgan fingerprint density at radius 1 is 1.43 bits per heavy atom. The fourth-order valence-corrected chi connectivity index (χ4v) is 2.18. The van der Waals surface area contributed by atoms with Crippen LogP contribution in [0.15, 0.2) is 34.2 Å². The molecule has 7 heteroatoms. The van der Waals surface area contributed by atoms with Crippen molar-refractivity contribution in [2.45, 2.75) is 5.16 Å². The van der Waals surface area contributed by atoms with E-state index in [1.54, 1.807) is 30.5 Å². The zero-order valence-corrected chi connectivity index (χ0v) is 12.8. The van der Waals surface area contributed by atoms with Gasteiger partial charge < -0.3 is 9.72 Å². The molecule has 0 bridgehead atoms. The summed E-state index contributed by atoms with van der Waals surface area (Å²) >= 11 is 6.87. The molecule has 1 N–H and O–H groups in total. The van der Waals surface area contributed by atoms with Gasteiger partial charge in [-0.15, -0.1) is 11.6 Å². The number of rotatable bonds is 5. The minimum atomic E-state index is -0.436. The largest absolute Gasteiger partial charge is 0.492 e. The number of aromatic nitrogens is 2. The third-order valence-electron chi connectivity index (χ3n) is 2.68. The van der Waals surface area contributed by atoms with Crippen LogP contribution in [0, 0.1) is 11.3 Å². The zero-order chi connectivity index (χ0) is 15.2. The maximum Gasteiger partial charge on any atom is 0.270 e. The van der Waals surface area contributed by atoms with Gasteiger partial charge in [-0.2, -0.15) is 5.26 Å².